The van der Waals surface area contributed by atoms with Crippen LogP contribution in [-0.4, -0.2) is 37.7 Å². The highest BCUT2D eigenvalue weighted by molar-refractivity contribution is 5.92. The third-order valence-corrected chi connectivity index (χ3v) is 5.30. The third kappa shape index (κ3) is 5.00. The fourth-order valence-electron chi connectivity index (χ4n) is 3.55. The first kappa shape index (κ1) is 20.5. The minimum Gasteiger partial charge on any atom is -0.497 e. The van der Waals surface area contributed by atoms with Crippen molar-refractivity contribution in [1.29, 1.82) is 0 Å². The van der Waals surface area contributed by atoms with Crippen LogP contribution >= 0.6 is 0 Å². The van der Waals surface area contributed by atoms with Gasteiger partial charge in [-0.05, 0) is 42.7 Å². The summed E-state index contributed by atoms with van der Waals surface area (Å²) in [6, 6.07) is 14.2. The van der Waals surface area contributed by atoms with Gasteiger partial charge in [0.2, 0.25) is 5.91 Å². The lowest BCUT2D eigenvalue weighted by molar-refractivity contribution is -0.385. The van der Waals surface area contributed by atoms with E-state index in [4.69, 9.17) is 9.47 Å². The zero-order chi connectivity index (χ0) is 20.7. The van der Waals surface area contributed by atoms with Gasteiger partial charge in [-0.3, -0.25) is 14.9 Å². The van der Waals surface area contributed by atoms with Crippen molar-refractivity contribution >= 4 is 17.7 Å². The molecule has 1 N–H and O–H groups in total. The highest BCUT2D eigenvalue weighted by Crippen LogP contribution is 2.35. The fraction of sp³-hybridized carbons (Fsp3) is 0.318. The van der Waals surface area contributed by atoms with Gasteiger partial charge in [0.05, 0.1) is 17.6 Å². The maximum Gasteiger partial charge on any atom is 0.276 e. The van der Waals surface area contributed by atoms with E-state index in [1.54, 1.807) is 25.3 Å². The molecule has 1 amide bonds. The second kappa shape index (κ2) is 9.34. The van der Waals surface area contributed by atoms with E-state index in [-0.39, 0.29) is 17.0 Å². The predicted octanol–water partition coefficient (Wildman–Crippen LogP) is 3.48. The van der Waals surface area contributed by atoms with Crippen LogP contribution in [0.15, 0.2) is 54.6 Å². The molecule has 0 radical (unpaired) electrons. The van der Waals surface area contributed by atoms with Gasteiger partial charge in [0.25, 0.3) is 5.69 Å². The van der Waals surface area contributed by atoms with Crippen molar-refractivity contribution in [2.75, 3.05) is 26.9 Å². The summed E-state index contributed by atoms with van der Waals surface area (Å²) in [5.74, 6) is 0.495. The molecule has 1 fully saturated rings. The molecule has 0 aromatic heterocycles. The lowest BCUT2D eigenvalue weighted by Crippen LogP contribution is -2.44. The number of ether oxygens (including phenoxy) is 2. The number of amides is 1. The van der Waals surface area contributed by atoms with Gasteiger partial charge < -0.3 is 14.8 Å². The van der Waals surface area contributed by atoms with Crippen LogP contribution in [0.1, 0.15) is 24.0 Å². The summed E-state index contributed by atoms with van der Waals surface area (Å²) in [7, 11) is 1.63. The smallest absolute Gasteiger partial charge is 0.276 e. The van der Waals surface area contributed by atoms with Gasteiger partial charge in [0, 0.05) is 37.3 Å². The summed E-state index contributed by atoms with van der Waals surface area (Å²) in [6.07, 6.45) is 4.40. The van der Waals surface area contributed by atoms with Crippen LogP contribution in [0.25, 0.3) is 6.08 Å². The summed E-state index contributed by atoms with van der Waals surface area (Å²) < 4.78 is 10.8. The van der Waals surface area contributed by atoms with Crippen molar-refractivity contribution in [3.63, 3.8) is 0 Å². The number of methoxy groups -OCH3 is 1. The number of para-hydroxylation sites is 1. The molecule has 0 saturated carbocycles. The topological polar surface area (TPSA) is 90.7 Å². The summed E-state index contributed by atoms with van der Waals surface area (Å²) in [5.41, 5.74) is 1.27. The molecule has 2 aromatic rings. The monoisotopic (exact) mass is 396 g/mol. The van der Waals surface area contributed by atoms with Gasteiger partial charge in [-0.25, -0.2) is 0 Å². The van der Waals surface area contributed by atoms with Crippen LogP contribution in [0.5, 0.6) is 5.75 Å². The Kier molecular flexibility index (Phi) is 6.61. The summed E-state index contributed by atoms with van der Waals surface area (Å²) in [5, 5.41) is 14.1. The standard InChI is InChI=1S/C22H24N2O5/c1-28-19-9-7-18(8-10-19)22(12-14-29-15-13-22)16-23-21(25)11-6-17-4-2-3-5-20(17)24(26)27/h2-11H,12-16H2,1H3,(H,23,25)/b11-6+. The number of hydrogen-bond donors (Lipinski definition) is 1. The Labute approximate surface area is 169 Å². The lowest BCUT2D eigenvalue weighted by Gasteiger charge is -2.38. The average Bonchev–Trinajstić information content (AvgIpc) is 2.77. The van der Waals surface area contributed by atoms with Gasteiger partial charge in [-0.1, -0.05) is 24.3 Å². The van der Waals surface area contributed by atoms with E-state index in [0.717, 1.165) is 24.2 Å². The van der Waals surface area contributed by atoms with Crippen molar-refractivity contribution < 1.29 is 19.2 Å². The number of nitro groups is 1. The van der Waals surface area contributed by atoms with Crippen LogP contribution in [0.3, 0.4) is 0 Å². The van der Waals surface area contributed by atoms with E-state index in [2.05, 4.69) is 5.32 Å². The summed E-state index contributed by atoms with van der Waals surface area (Å²) >= 11 is 0. The van der Waals surface area contributed by atoms with Gasteiger partial charge in [0.15, 0.2) is 0 Å². The van der Waals surface area contributed by atoms with Crippen LogP contribution in [-0.2, 0) is 14.9 Å². The van der Waals surface area contributed by atoms with Crippen molar-refractivity contribution in [1.82, 2.24) is 5.32 Å². The number of hydrogen-bond acceptors (Lipinski definition) is 5. The average molecular weight is 396 g/mol. The second-order valence-electron chi connectivity index (χ2n) is 6.99. The SMILES string of the molecule is COc1ccc(C2(CNC(=O)/C=C/c3ccccc3[N+](=O)[O-])CCOCC2)cc1. The molecule has 3 rings (SSSR count). The van der Waals surface area contributed by atoms with E-state index in [9.17, 15) is 14.9 Å². The molecule has 2 aromatic carbocycles. The predicted molar refractivity (Wildman–Crippen MR) is 110 cm³/mol. The molecule has 0 spiro atoms. The molecule has 152 valence electrons. The van der Waals surface area contributed by atoms with Gasteiger partial charge in [-0.2, -0.15) is 0 Å². The molecule has 1 saturated heterocycles. The number of nitrogens with zero attached hydrogens (tertiary/aromatic N) is 1. The number of nitrogens with one attached hydrogen (secondary N) is 1. The van der Waals surface area contributed by atoms with Crippen molar-refractivity contribution in [3.8, 4) is 5.75 Å². The number of carbonyl (C=O) groups is 1. The Morgan fingerprint density at radius 3 is 2.55 bits per heavy atom. The van der Waals surface area contributed by atoms with Gasteiger partial charge >= 0.3 is 0 Å². The molecule has 0 bridgehead atoms. The highest BCUT2D eigenvalue weighted by atomic mass is 16.6. The van der Waals surface area contributed by atoms with Crippen LogP contribution < -0.4 is 10.1 Å². The zero-order valence-electron chi connectivity index (χ0n) is 16.3. The normalized spacial score (nSPS) is 15.8. The molecule has 0 atom stereocenters. The molecule has 1 aliphatic rings. The Balaban J connectivity index is 1.71. The fourth-order valence-corrected chi connectivity index (χ4v) is 3.55. The van der Waals surface area contributed by atoms with Crippen molar-refractivity contribution in [2.45, 2.75) is 18.3 Å². The van der Waals surface area contributed by atoms with E-state index < -0.39 is 4.92 Å². The molecular formula is C22H24N2O5. The van der Waals surface area contributed by atoms with Crippen LogP contribution in [0.4, 0.5) is 5.69 Å². The Morgan fingerprint density at radius 2 is 1.90 bits per heavy atom. The van der Waals surface area contributed by atoms with Crippen molar-refractivity contribution in [3.05, 3.63) is 75.8 Å². The Hall–Kier alpha value is -3.19. The Morgan fingerprint density at radius 1 is 1.21 bits per heavy atom. The first-order valence-corrected chi connectivity index (χ1v) is 9.46. The number of carbonyl (C=O) groups excluding carboxylic acids is 1. The second-order valence-corrected chi connectivity index (χ2v) is 6.99. The minimum absolute atomic E-state index is 0.0318. The molecule has 7 heteroatoms. The molecule has 29 heavy (non-hydrogen) atoms. The molecule has 0 aliphatic carbocycles. The first-order valence-electron chi connectivity index (χ1n) is 9.46. The van der Waals surface area contributed by atoms with Gasteiger partial charge in [-0.15, -0.1) is 0 Å². The van der Waals surface area contributed by atoms with Crippen LogP contribution in [0, 0.1) is 10.1 Å². The van der Waals surface area contributed by atoms with Gasteiger partial charge in [0.1, 0.15) is 5.75 Å². The summed E-state index contributed by atoms with van der Waals surface area (Å²) in [4.78, 5) is 23.0. The number of nitro benzene ring substituents is 1. The van der Waals surface area contributed by atoms with E-state index in [1.807, 2.05) is 24.3 Å². The molecule has 1 heterocycles. The quantitative estimate of drug-likeness (QED) is 0.440. The molecule has 7 nitrogen and oxygen atoms in total. The largest absolute Gasteiger partial charge is 0.497 e. The molecular weight excluding hydrogens is 372 g/mol. The van der Waals surface area contributed by atoms with Crippen LogP contribution in [0.2, 0.25) is 0 Å². The third-order valence-electron chi connectivity index (χ3n) is 5.30. The maximum absolute atomic E-state index is 12.4. The molecule has 1 aliphatic heterocycles. The lowest BCUT2D eigenvalue weighted by atomic mass is 9.74. The van der Waals surface area contributed by atoms with E-state index in [1.165, 1.54) is 18.2 Å². The van der Waals surface area contributed by atoms with E-state index >= 15 is 0 Å². The van der Waals surface area contributed by atoms with E-state index in [0.29, 0.717) is 25.3 Å². The first-order chi connectivity index (χ1) is 14.0. The maximum atomic E-state index is 12.4. The molecule has 0 unspecified atom stereocenters. The Bertz CT molecular complexity index is 886. The summed E-state index contributed by atoms with van der Waals surface area (Å²) in [6.45, 7) is 1.73. The zero-order valence-corrected chi connectivity index (χ0v) is 16.3. The highest BCUT2D eigenvalue weighted by Gasteiger charge is 2.34. The number of rotatable bonds is 7. The van der Waals surface area contributed by atoms with Crippen molar-refractivity contribution in [2.24, 2.45) is 0 Å². The minimum atomic E-state index is -0.460. The number of benzene rings is 2.